The Morgan fingerprint density at radius 3 is 2.47 bits per heavy atom. The Morgan fingerprint density at radius 1 is 1.37 bits per heavy atom. The molecule has 0 aromatic heterocycles. The molecule has 0 saturated heterocycles. The molecule has 0 fully saturated rings. The van der Waals surface area contributed by atoms with Crippen molar-refractivity contribution >= 4 is 16.0 Å². The van der Waals surface area contributed by atoms with E-state index in [0.29, 0.717) is 0 Å². The Hall–Kier alpha value is -1.60. The first-order chi connectivity index (χ1) is 8.75. The highest BCUT2D eigenvalue weighted by Gasteiger charge is 2.18. The molecule has 0 saturated carbocycles. The van der Waals surface area contributed by atoms with Crippen LogP contribution in [-0.4, -0.2) is 28.1 Å². The predicted octanol–water partition coefficient (Wildman–Crippen LogP) is 1.16. The van der Waals surface area contributed by atoms with Crippen molar-refractivity contribution in [1.82, 2.24) is 0 Å². The van der Waals surface area contributed by atoms with Crippen LogP contribution in [0.1, 0.15) is 24.2 Å². The summed E-state index contributed by atoms with van der Waals surface area (Å²) in [5.74, 6) is -0.316. The van der Waals surface area contributed by atoms with Crippen molar-refractivity contribution < 1.29 is 22.7 Å². The van der Waals surface area contributed by atoms with E-state index in [4.69, 9.17) is 14.6 Å². The molecule has 1 rings (SSSR count). The van der Waals surface area contributed by atoms with Gasteiger partial charge in [-0.25, -0.2) is 18.4 Å². The van der Waals surface area contributed by atoms with E-state index in [9.17, 15) is 13.2 Å². The summed E-state index contributed by atoms with van der Waals surface area (Å²) in [4.78, 5) is 11.5. The average molecular weight is 287 g/mol. The van der Waals surface area contributed by atoms with Gasteiger partial charge < -0.3 is 9.47 Å². The van der Waals surface area contributed by atoms with Crippen molar-refractivity contribution in [3.63, 3.8) is 0 Å². The zero-order valence-electron chi connectivity index (χ0n) is 11.0. The van der Waals surface area contributed by atoms with E-state index in [0.717, 1.165) is 6.07 Å². The SMILES string of the molecule is COc1ccc(C(=O)OCC(C)C)cc1S(N)(=O)=O. The summed E-state index contributed by atoms with van der Waals surface area (Å²) in [6, 6.07) is 3.94. The number of carbonyl (C=O) groups is 1. The van der Waals surface area contributed by atoms with Gasteiger partial charge in [0, 0.05) is 0 Å². The zero-order chi connectivity index (χ0) is 14.6. The van der Waals surface area contributed by atoms with Crippen molar-refractivity contribution in [3.8, 4) is 5.75 Å². The quantitative estimate of drug-likeness (QED) is 0.820. The van der Waals surface area contributed by atoms with E-state index < -0.39 is 16.0 Å². The Bertz CT molecular complexity index is 565. The van der Waals surface area contributed by atoms with Crippen molar-refractivity contribution in [1.29, 1.82) is 0 Å². The number of hydrogen-bond acceptors (Lipinski definition) is 5. The fraction of sp³-hybridized carbons (Fsp3) is 0.417. The van der Waals surface area contributed by atoms with E-state index >= 15 is 0 Å². The predicted molar refractivity (Wildman–Crippen MR) is 69.5 cm³/mol. The largest absolute Gasteiger partial charge is 0.495 e. The second-order valence-electron chi connectivity index (χ2n) is 4.40. The minimum atomic E-state index is -3.97. The third kappa shape index (κ3) is 4.22. The molecular weight excluding hydrogens is 270 g/mol. The number of nitrogens with two attached hydrogens (primary N) is 1. The van der Waals surface area contributed by atoms with Gasteiger partial charge in [-0.05, 0) is 24.1 Å². The number of sulfonamides is 1. The van der Waals surface area contributed by atoms with Crippen molar-refractivity contribution in [3.05, 3.63) is 23.8 Å². The summed E-state index contributed by atoms with van der Waals surface area (Å²) < 4.78 is 32.7. The monoisotopic (exact) mass is 287 g/mol. The third-order valence-electron chi connectivity index (χ3n) is 2.25. The second kappa shape index (κ2) is 6.03. The van der Waals surface area contributed by atoms with Crippen LogP contribution < -0.4 is 9.88 Å². The maximum Gasteiger partial charge on any atom is 0.338 e. The molecule has 0 aliphatic rings. The van der Waals surface area contributed by atoms with Crippen LogP contribution in [0.25, 0.3) is 0 Å². The van der Waals surface area contributed by atoms with Gasteiger partial charge in [0.1, 0.15) is 10.6 Å². The minimum absolute atomic E-state index is 0.0860. The molecule has 0 radical (unpaired) electrons. The van der Waals surface area contributed by atoms with Gasteiger partial charge in [-0.15, -0.1) is 0 Å². The minimum Gasteiger partial charge on any atom is -0.495 e. The molecule has 106 valence electrons. The highest BCUT2D eigenvalue weighted by molar-refractivity contribution is 7.89. The molecule has 1 aromatic rings. The van der Waals surface area contributed by atoms with Gasteiger partial charge in [0.25, 0.3) is 0 Å². The lowest BCUT2D eigenvalue weighted by Gasteiger charge is -2.10. The van der Waals surface area contributed by atoms with Gasteiger partial charge in [-0.2, -0.15) is 0 Å². The van der Waals surface area contributed by atoms with Gasteiger partial charge in [0.05, 0.1) is 19.3 Å². The molecule has 0 aliphatic heterocycles. The molecule has 0 amide bonds. The number of methoxy groups -OCH3 is 1. The van der Waals surface area contributed by atoms with Crippen molar-refractivity contribution in [2.75, 3.05) is 13.7 Å². The van der Waals surface area contributed by atoms with E-state index in [1.165, 1.54) is 19.2 Å². The van der Waals surface area contributed by atoms with Gasteiger partial charge in [-0.3, -0.25) is 0 Å². The number of benzene rings is 1. The average Bonchev–Trinajstić information content (AvgIpc) is 2.34. The number of primary sulfonamides is 1. The summed E-state index contributed by atoms with van der Waals surface area (Å²) in [6.07, 6.45) is 0. The van der Waals surface area contributed by atoms with E-state index in [2.05, 4.69) is 0 Å². The molecule has 0 atom stereocenters. The summed E-state index contributed by atoms with van der Waals surface area (Å²) >= 11 is 0. The zero-order valence-corrected chi connectivity index (χ0v) is 11.9. The van der Waals surface area contributed by atoms with Gasteiger partial charge in [0.15, 0.2) is 0 Å². The highest BCUT2D eigenvalue weighted by atomic mass is 32.2. The van der Waals surface area contributed by atoms with Crippen LogP contribution in [-0.2, 0) is 14.8 Å². The number of esters is 1. The first kappa shape index (κ1) is 15.5. The Kier molecular flexibility index (Phi) is 4.90. The lowest BCUT2D eigenvalue weighted by Crippen LogP contribution is -2.15. The van der Waals surface area contributed by atoms with Crippen LogP contribution in [0.5, 0.6) is 5.75 Å². The first-order valence-electron chi connectivity index (χ1n) is 5.63. The third-order valence-corrected chi connectivity index (χ3v) is 3.19. The summed E-state index contributed by atoms with van der Waals surface area (Å²) in [5.41, 5.74) is 0.116. The number of ether oxygens (including phenoxy) is 2. The van der Waals surface area contributed by atoms with Crippen LogP contribution in [0.4, 0.5) is 0 Å². The Balaban J connectivity index is 3.09. The van der Waals surface area contributed by atoms with Crippen molar-refractivity contribution in [2.24, 2.45) is 11.1 Å². The van der Waals surface area contributed by atoms with E-state index in [1.807, 2.05) is 13.8 Å². The second-order valence-corrected chi connectivity index (χ2v) is 5.93. The van der Waals surface area contributed by atoms with E-state index in [1.54, 1.807) is 0 Å². The Morgan fingerprint density at radius 2 is 2.00 bits per heavy atom. The molecule has 0 bridgehead atoms. The maximum absolute atomic E-state index is 11.7. The van der Waals surface area contributed by atoms with Crippen LogP contribution in [0.3, 0.4) is 0 Å². The molecule has 1 aromatic carbocycles. The van der Waals surface area contributed by atoms with Crippen LogP contribution in [0.15, 0.2) is 23.1 Å². The molecule has 0 spiro atoms. The molecule has 0 heterocycles. The smallest absolute Gasteiger partial charge is 0.338 e. The fourth-order valence-electron chi connectivity index (χ4n) is 1.35. The first-order valence-corrected chi connectivity index (χ1v) is 7.18. The molecule has 2 N–H and O–H groups in total. The summed E-state index contributed by atoms with van der Waals surface area (Å²) in [7, 11) is -2.65. The summed E-state index contributed by atoms with van der Waals surface area (Å²) in [5, 5.41) is 5.06. The molecule has 0 aliphatic carbocycles. The lowest BCUT2D eigenvalue weighted by atomic mass is 10.2. The molecule has 7 heteroatoms. The van der Waals surface area contributed by atoms with Gasteiger partial charge in [-0.1, -0.05) is 13.8 Å². The number of rotatable bonds is 5. The standard InChI is InChI=1S/C12H17NO5S/c1-8(2)7-18-12(14)9-4-5-10(17-3)11(6-9)19(13,15)16/h4-6,8H,7H2,1-3H3,(H2,13,15,16). The summed E-state index contributed by atoms with van der Waals surface area (Å²) in [6.45, 7) is 4.06. The molecule has 0 unspecified atom stereocenters. The maximum atomic E-state index is 11.7. The highest BCUT2D eigenvalue weighted by Crippen LogP contribution is 2.24. The molecule has 6 nitrogen and oxygen atoms in total. The fourth-order valence-corrected chi connectivity index (χ4v) is 2.07. The Labute approximate surface area is 112 Å². The molecule has 19 heavy (non-hydrogen) atoms. The van der Waals surface area contributed by atoms with Crippen LogP contribution in [0, 0.1) is 5.92 Å². The van der Waals surface area contributed by atoms with E-state index in [-0.39, 0.29) is 28.7 Å². The van der Waals surface area contributed by atoms with Gasteiger partial charge in [0.2, 0.25) is 10.0 Å². The van der Waals surface area contributed by atoms with Crippen LogP contribution in [0.2, 0.25) is 0 Å². The number of hydrogen-bond donors (Lipinski definition) is 1. The number of carbonyl (C=O) groups excluding carboxylic acids is 1. The molecular formula is C12H17NO5S. The van der Waals surface area contributed by atoms with Gasteiger partial charge >= 0.3 is 5.97 Å². The topological polar surface area (TPSA) is 95.7 Å². The lowest BCUT2D eigenvalue weighted by molar-refractivity contribution is 0.0458. The van der Waals surface area contributed by atoms with Crippen LogP contribution >= 0.6 is 0 Å². The normalized spacial score (nSPS) is 11.4. The van der Waals surface area contributed by atoms with Crippen molar-refractivity contribution in [2.45, 2.75) is 18.7 Å².